The molecule has 0 aliphatic rings. The summed E-state index contributed by atoms with van der Waals surface area (Å²) in [4.78, 5) is 0. The van der Waals surface area contributed by atoms with Crippen LogP contribution in [0, 0.1) is 0 Å². The van der Waals surface area contributed by atoms with Crippen LogP contribution in [0.5, 0.6) is 5.75 Å². The molecule has 0 spiro atoms. The minimum Gasteiger partial charge on any atom is -0.493 e. The number of aliphatic hydroxyl groups is 1. The summed E-state index contributed by atoms with van der Waals surface area (Å²) in [5.74, 6) is 0.696. The third-order valence-corrected chi connectivity index (χ3v) is 2.97. The van der Waals surface area contributed by atoms with Gasteiger partial charge in [-0.05, 0) is 23.8 Å². The van der Waals surface area contributed by atoms with Gasteiger partial charge in [0.15, 0.2) is 0 Å². The Morgan fingerprint density at radius 2 is 1.83 bits per heavy atom. The normalized spacial score (nSPS) is 12.1. The van der Waals surface area contributed by atoms with Crippen molar-refractivity contribution in [3.63, 3.8) is 0 Å². The van der Waals surface area contributed by atoms with Crippen molar-refractivity contribution >= 4 is 11.6 Å². The Morgan fingerprint density at radius 1 is 1.06 bits per heavy atom. The molecule has 0 fully saturated rings. The highest BCUT2D eigenvalue weighted by Gasteiger charge is 2.10. The number of aliphatic hydroxyl groups excluding tert-OH is 1. The maximum Gasteiger partial charge on any atom is 0.120 e. The zero-order valence-electron chi connectivity index (χ0n) is 9.92. The van der Waals surface area contributed by atoms with Gasteiger partial charge < -0.3 is 9.84 Å². The summed E-state index contributed by atoms with van der Waals surface area (Å²) in [5, 5.41) is 10.1. The van der Waals surface area contributed by atoms with Crippen LogP contribution in [0.4, 0.5) is 0 Å². The van der Waals surface area contributed by atoms with Crippen LogP contribution in [0.3, 0.4) is 0 Å². The Labute approximate surface area is 112 Å². The van der Waals surface area contributed by atoms with Crippen molar-refractivity contribution in [2.75, 3.05) is 13.2 Å². The minimum atomic E-state index is -0.0230. The Balaban J connectivity index is 2.00. The lowest BCUT2D eigenvalue weighted by Gasteiger charge is -2.15. The fourth-order valence-corrected chi connectivity index (χ4v) is 1.91. The summed E-state index contributed by atoms with van der Waals surface area (Å²) in [7, 11) is 0. The molecule has 0 aliphatic heterocycles. The molecule has 0 aliphatic carbocycles. The van der Waals surface area contributed by atoms with Gasteiger partial charge in [0.1, 0.15) is 5.75 Å². The molecule has 0 amide bonds. The maximum atomic E-state index is 9.41. The highest BCUT2D eigenvalue weighted by molar-refractivity contribution is 6.30. The van der Waals surface area contributed by atoms with E-state index in [0.717, 1.165) is 11.3 Å². The molecule has 1 atom stereocenters. The van der Waals surface area contributed by atoms with E-state index in [4.69, 9.17) is 16.3 Å². The molecule has 0 radical (unpaired) electrons. The van der Waals surface area contributed by atoms with Crippen molar-refractivity contribution in [3.8, 4) is 5.75 Å². The molecule has 2 aromatic rings. The molecular formula is C15H15ClO2. The standard InChI is InChI=1S/C15H15ClO2/c16-14-7-4-8-15(9-14)18-11-13(10-17)12-5-2-1-3-6-12/h1-9,13,17H,10-11H2. The second-order valence-electron chi connectivity index (χ2n) is 4.06. The van der Waals surface area contributed by atoms with E-state index in [1.165, 1.54) is 0 Å². The van der Waals surface area contributed by atoms with Gasteiger partial charge in [0.05, 0.1) is 13.2 Å². The van der Waals surface area contributed by atoms with Gasteiger partial charge in [-0.1, -0.05) is 48.0 Å². The van der Waals surface area contributed by atoms with E-state index in [-0.39, 0.29) is 12.5 Å². The van der Waals surface area contributed by atoms with Gasteiger partial charge in [0.25, 0.3) is 0 Å². The molecule has 0 aromatic heterocycles. The SMILES string of the molecule is OCC(COc1cccc(Cl)c1)c1ccccc1. The van der Waals surface area contributed by atoms with Crippen molar-refractivity contribution in [1.82, 2.24) is 0 Å². The summed E-state index contributed by atoms with van der Waals surface area (Å²) < 4.78 is 5.65. The first kappa shape index (κ1) is 12.9. The summed E-state index contributed by atoms with van der Waals surface area (Å²) in [6, 6.07) is 17.1. The molecule has 2 nitrogen and oxygen atoms in total. The van der Waals surface area contributed by atoms with Crippen LogP contribution >= 0.6 is 11.6 Å². The Kier molecular flexibility index (Phi) is 4.62. The lowest BCUT2D eigenvalue weighted by molar-refractivity contribution is 0.205. The first-order valence-corrected chi connectivity index (χ1v) is 6.21. The van der Waals surface area contributed by atoms with Gasteiger partial charge in [-0.25, -0.2) is 0 Å². The lowest BCUT2D eigenvalue weighted by Crippen LogP contribution is -2.14. The zero-order chi connectivity index (χ0) is 12.8. The fourth-order valence-electron chi connectivity index (χ4n) is 1.73. The maximum absolute atomic E-state index is 9.41. The molecule has 18 heavy (non-hydrogen) atoms. The van der Waals surface area contributed by atoms with Crippen molar-refractivity contribution < 1.29 is 9.84 Å². The predicted molar refractivity (Wildman–Crippen MR) is 73.2 cm³/mol. The number of ether oxygens (including phenoxy) is 1. The van der Waals surface area contributed by atoms with Crippen LogP contribution < -0.4 is 4.74 Å². The van der Waals surface area contributed by atoms with E-state index in [2.05, 4.69) is 0 Å². The van der Waals surface area contributed by atoms with Crippen LogP contribution in [-0.2, 0) is 0 Å². The number of benzene rings is 2. The monoisotopic (exact) mass is 262 g/mol. The van der Waals surface area contributed by atoms with Gasteiger partial charge >= 0.3 is 0 Å². The first-order chi connectivity index (χ1) is 8.79. The molecule has 1 N–H and O–H groups in total. The quantitative estimate of drug-likeness (QED) is 0.894. The van der Waals surface area contributed by atoms with E-state index in [1.54, 1.807) is 12.1 Å². The van der Waals surface area contributed by atoms with E-state index in [9.17, 15) is 5.11 Å². The number of hydrogen-bond donors (Lipinski definition) is 1. The lowest BCUT2D eigenvalue weighted by atomic mass is 10.0. The predicted octanol–water partition coefficient (Wildman–Crippen LogP) is 3.49. The van der Waals surface area contributed by atoms with Gasteiger partial charge in [-0.3, -0.25) is 0 Å². The van der Waals surface area contributed by atoms with Crippen LogP contribution in [0.25, 0.3) is 0 Å². The van der Waals surface area contributed by atoms with Crippen LogP contribution in [-0.4, -0.2) is 18.3 Å². The zero-order valence-corrected chi connectivity index (χ0v) is 10.7. The fraction of sp³-hybridized carbons (Fsp3) is 0.200. The van der Waals surface area contributed by atoms with Gasteiger partial charge in [-0.2, -0.15) is 0 Å². The Hall–Kier alpha value is -1.51. The van der Waals surface area contributed by atoms with Crippen molar-refractivity contribution in [2.45, 2.75) is 5.92 Å². The second kappa shape index (κ2) is 6.43. The summed E-state index contributed by atoms with van der Waals surface area (Å²) >= 11 is 5.88. The smallest absolute Gasteiger partial charge is 0.120 e. The number of halogens is 1. The number of hydrogen-bond acceptors (Lipinski definition) is 2. The van der Waals surface area contributed by atoms with E-state index >= 15 is 0 Å². The van der Waals surface area contributed by atoms with Crippen molar-refractivity contribution in [3.05, 3.63) is 65.2 Å². The van der Waals surface area contributed by atoms with Gasteiger partial charge in [0.2, 0.25) is 0 Å². The molecule has 0 bridgehead atoms. The van der Waals surface area contributed by atoms with Crippen molar-refractivity contribution in [1.29, 1.82) is 0 Å². The third kappa shape index (κ3) is 3.49. The third-order valence-electron chi connectivity index (χ3n) is 2.74. The summed E-state index contributed by atoms with van der Waals surface area (Å²) in [6.07, 6.45) is 0. The van der Waals surface area contributed by atoms with E-state index < -0.39 is 0 Å². The molecule has 0 saturated heterocycles. The van der Waals surface area contributed by atoms with Gasteiger partial charge in [-0.15, -0.1) is 0 Å². The average molecular weight is 263 g/mol. The topological polar surface area (TPSA) is 29.5 Å². The van der Waals surface area contributed by atoms with Gasteiger partial charge in [0, 0.05) is 10.9 Å². The summed E-state index contributed by atoms with van der Waals surface area (Å²) in [5.41, 5.74) is 1.07. The first-order valence-electron chi connectivity index (χ1n) is 5.84. The van der Waals surface area contributed by atoms with Crippen LogP contribution in [0.2, 0.25) is 5.02 Å². The molecule has 0 saturated carbocycles. The van der Waals surface area contributed by atoms with E-state index in [1.807, 2.05) is 42.5 Å². The molecular weight excluding hydrogens is 248 g/mol. The molecule has 94 valence electrons. The van der Waals surface area contributed by atoms with E-state index in [0.29, 0.717) is 11.6 Å². The Bertz CT molecular complexity index is 485. The minimum absolute atomic E-state index is 0.0230. The molecule has 1 unspecified atom stereocenters. The highest BCUT2D eigenvalue weighted by atomic mass is 35.5. The Morgan fingerprint density at radius 3 is 2.50 bits per heavy atom. The van der Waals surface area contributed by atoms with Crippen LogP contribution in [0.15, 0.2) is 54.6 Å². The summed E-state index contributed by atoms with van der Waals surface area (Å²) in [6.45, 7) is 0.492. The van der Waals surface area contributed by atoms with Crippen molar-refractivity contribution in [2.24, 2.45) is 0 Å². The number of rotatable bonds is 5. The second-order valence-corrected chi connectivity index (χ2v) is 4.49. The molecule has 3 heteroatoms. The molecule has 0 heterocycles. The average Bonchev–Trinajstić information content (AvgIpc) is 2.41. The molecule has 2 rings (SSSR count). The van der Waals surface area contributed by atoms with Crippen LogP contribution in [0.1, 0.15) is 11.5 Å². The largest absolute Gasteiger partial charge is 0.493 e. The molecule has 2 aromatic carbocycles. The highest BCUT2D eigenvalue weighted by Crippen LogP contribution is 2.20.